The van der Waals surface area contributed by atoms with Crippen molar-refractivity contribution in [2.75, 3.05) is 6.54 Å². The summed E-state index contributed by atoms with van der Waals surface area (Å²) in [5.41, 5.74) is 3.19. The van der Waals surface area contributed by atoms with Gasteiger partial charge in [-0.05, 0) is 38.3 Å². The van der Waals surface area contributed by atoms with Crippen molar-refractivity contribution in [2.45, 2.75) is 46.4 Å². The Morgan fingerprint density at radius 2 is 1.96 bits per heavy atom. The third kappa shape index (κ3) is 5.34. The molecule has 1 heterocycles. The Morgan fingerprint density at radius 3 is 2.61 bits per heavy atom. The second-order valence-corrected chi connectivity index (χ2v) is 6.68. The van der Waals surface area contributed by atoms with E-state index in [9.17, 15) is 5.11 Å². The van der Waals surface area contributed by atoms with Crippen molar-refractivity contribution in [1.82, 2.24) is 15.1 Å². The molecule has 4 nitrogen and oxygen atoms in total. The zero-order chi connectivity index (χ0) is 16.8. The minimum Gasteiger partial charge on any atom is -0.393 e. The highest BCUT2D eigenvalue weighted by molar-refractivity contribution is 6.30. The first-order chi connectivity index (χ1) is 11.0. The molecule has 126 valence electrons. The molecule has 1 aromatic heterocycles. The summed E-state index contributed by atoms with van der Waals surface area (Å²) in [5.74, 6) is 0.424. The van der Waals surface area contributed by atoms with E-state index in [1.54, 1.807) is 0 Å². The topological polar surface area (TPSA) is 50.1 Å². The molecule has 0 amide bonds. The van der Waals surface area contributed by atoms with Crippen LogP contribution in [0.1, 0.15) is 37.1 Å². The van der Waals surface area contributed by atoms with Gasteiger partial charge in [-0.25, -0.2) is 4.68 Å². The highest BCUT2D eigenvalue weighted by atomic mass is 35.5. The highest BCUT2D eigenvalue weighted by Gasteiger charge is 2.14. The van der Waals surface area contributed by atoms with Gasteiger partial charge in [-0.3, -0.25) is 0 Å². The van der Waals surface area contributed by atoms with Crippen LogP contribution >= 0.6 is 11.6 Å². The number of aryl methyl sites for hydroxylation is 1. The molecule has 0 spiro atoms. The molecule has 2 atom stereocenters. The van der Waals surface area contributed by atoms with E-state index in [0.717, 1.165) is 24.2 Å². The van der Waals surface area contributed by atoms with Gasteiger partial charge in [0.05, 0.1) is 18.3 Å². The van der Waals surface area contributed by atoms with Crippen LogP contribution in [0, 0.1) is 12.8 Å². The number of hydrogen-bond donors (Lipinski definition) is 2. The Kier molecular flexibility index (Phi) is 6.63. The predicted molar refractivity (Wildman–Crippen MR) is 94.7 cm³/mol. The number of aliphatic hydroxyl groups is 1. The molecule has 0 saturated carbocycles. The van der Waals surface area contributed by atoms with Crippen molar-refractivity contribution in [3.05, 3.63) is 52.3 Å². The van der Waals surface area contributed by atoms with Crippen molar-refractivity contribution in [2.24, 2.45) is 5.92 Å². The molecule has 0 aliphatic heterocycles. The summed E-state index contributed by atoms with van der Waals surface area (Å²) < 4.78 is 1.85. The number of hydrogen-bond acceptors (Lipinski definition) is 3. The summed E-state index contributed by atoms with van der Waals surface area (Å²) in [6.07, 6.45) is 0.540. The third-order valence-corrected chi connectivity index (χ3v) is 4.32. The number of rotatable bonds is 8. The Labute approximate surface area is 143 Å². The third-order valence-electron chi connectivity index (χ3n) is 3.90. The second-order valence-electron chi connectivity index (χ2n) is 6.32. The molecular weight excluding hydrogens is 310 g/mol. The molecule has 0 radical (unpaired) electrons. The molecule has 0 fully saturated rings. The lowest BCUT2D eigenvalue weighted by atomic mass is 10.0. The first-order valence-electron chi connectivity index (χ1n) is 8.11. The van der Waals surface area contributed by atoms with Gasteiger partial charge in [-0.1, -0.05) is 48.9 Å². The molecule has 2 N–H and O–H groups in total. The first kappa shape index (κ1) is 18.0. The van der Waals surface area contributed by atoms with Gasteiger partial charge >= 0.3 is 0 Å². The van der Waals surface area contributed by atoms with Gasteiger partial charge in [0.25, 0.3) is 0 Å². The molecule has 0 aliphatic rings. The molecule has 0 bridgehead atoms. The fourth-order valence-corrected chi connectivity index (χ4v) is 3.06. The molecule has 1 aromatic carbocycles. The van der Waals surface area contributed by atoms with E-state index in [4.69, 9.17) is 11.6 Å². The summed E-state index contributed by atoms with van der Waals surface area (Å²) in [6.45, 7) is 8.18. The number of aliphatic hydroxyl groups excluding tert-OH is 1. The molecule has 2 aromatic rings. The van der Waals surface area contributed by atoms with Crippen molar-refractivity contribution in [3.63, 3.8) is 0 Å². The number of benzene rings is 1. The molecule has 5 heteroatoms. The van der Waals surface area contributed by atoms with E-state index in [2.05, 4.69) is 29.5 Å². The Morgan fingerprint density at radius 1 is 1.26 bits per heavy atom. The van der Waals surface area contributed by atoms with Crippen molar-refractivity contribution in [3.8, 4) is 0 Å². The van der Waals surface area contributed by atoms with Gasteiger partial charge in [0.15, 0.2) is 0 Å². The minimum absolute atomic E-state index is 0.259. The smallest absolute Gasteiger partial charge is 0.132 e. The largest absolute Gasteiger partial charge is 0.393 e. The Bertz CT molecular complexity index is 610. The molecule has 0 saturated heterocycles. The number of aromatic nitrogens is 2. The van der Waals surface area contributed by atoms with Crippen molar-refractivity contribution >= 4 is 11.6 Å². The van der Waals surface area contributed by atoms with E-state index >= 15 is 0 Å². The van der Waals surface area contributed by atoms with Crippen molar-refractivity contribution in [1.29, 1.82) is 0 Å². The van der Waals surface area contributed by atoms with E-state index < -0.39 is 0 Å². The Balaban J connectivity index is 1.95. The van der Waals surface area contributed by atoms with Crippen LogP contribution < -0.4 is 5.32 Å². The highest BCUT2D eigenvalue weighted by Crippen LogP contribution is 2.21. The summed E-state index contributed by atoms with van der Waals surface area (Å²) >= 11 is 6.50. The maximum atomic E-state index is 9.41. The van der Waals surface area contributed by atoms with E-state index in [1.165, 1.54) is 5.56 Å². The van der Waals surface area contributed by atoms with Gasteiger partial charge in [-0.15, -0.1) is 0 Å². The zero-order valence-corrected chi connectivity index (χ0v) is 14.8. The fraction of sp³-hybridized carbons (Fsp3) is 0.500. The van der Waals surface area contributed by atoms with Crippen LogP contribution in [0.4, 0.5) is 0 Å². The SMILES string of the molecule is Cc1nn(Cc2ccccc2)c(Cl)c1CNCC(C)CC(C)O. The molecule has 2 rings (SSSR count). The van der Waals surface area contributed by atoms with E-state index in [1.807, 2.05) is 36.7 Å². The lowest BCUT2D eigenvalue weighted by Gasteiger charge is -2.14. The van der Waals surface area contributed by atoms with Crippen LogP contribution in [0.15, 0.2) is 30.3 Å². The molecule has 2 unspecified atom stereocenters. The van der Waals surface area contributed by atoms with Crippen LogP contribution in [-0.4, -0.2) is 27.5 Å². The Hall–Kier alpha value is -1.36. The van der Waals surface area contributed by atoms with Gasteiger partial charge in [-0.2, -0.15) is 5.10 Å². The average Bonchev–Trinajstić information content (AvgIpc) is 2.75. The maximum absolute atomic E-state index is 9.41. The number of nitrogens with zero attached hydrogens (tertiary/aromatic N) is 2. The normalized spacial score (nSPS) is 14.0. The lowest BCUT2D eigenvalue weighted by Crippen LogP contribution is -2.23. The fourth-order valence-electron chi connectivity index (χ4n) is 2.76. The molecular formula is C18H26ClN3O. The maximum Gasteiger partial charge on any atom is 0.132 e. The number of halogens is 1. The van der Waals surface area contributed by atoms with Gasteiger partial charge in [0.1, 0.15) is 5.15 Å². The van der Waals surface area contributed by atoms with Crippen LogP contribution in [0.25, 0.3) is 0 Å². The summed E-state index contributed by atoms with van der Waals surface area (Å²) in [4.78, 5) is 0. The van der Waals surface area contributed by atoms with Crippen LogP contribution in [-0.2, 0) is 13.1 Å². The average molecular weight is 336 g/mol. The summed E-state index contributed by atoms with van der Waals surface area (Å²) in [6, 6.07) is 10.2. The summed E-state index contributed by atoms with van der Waals surface area (Å²) in [7, 11) is 0. The number of nitrogens with one attached hydrogen (secondary N) is 1. The van der Waals surface area contributed by atoms with Gasteiger partial charge < -0.3 is 10.4 Å². The minimum atomic E-state index is -0.259. The van der Waals surface area contributed by atoms with Crippen LogP contribution in [0.5, 0.6) is 0 Å². The monoisotopic (exact) mass is 335 g/mol. The lowest BCUT2D eigenvalue weighted by molar-refractivity contribution is 0.163. The molecule has 23 heavy (non-hydrogen) atoms. The second kappa shape index (κ2) is 8.48. The van der Waals surface area contributed by atoms with Crippen LogP contribution in [0.2, 0.25) is 5.15 Å². The van der Waals surface area contributed by atoms with Crippen molar-refractivity contribution < 1.29 is 5.11 Å². The van der Waals surface area contributed by atoms with Gasteiger partial charge in [0.2, 0.25) is 0 Å². The van der Waals surface area contributed by atoms with E-state index in [0.29, 0.717) is 24.2 Å². The quantitative estimate of drug-likeness (QED) is 0.777. The predicted octanol–water partition coefficient (Wildman–Crippen LogP) is 3.39. The summed E-state index contributed by atoms with van der Waals surface area (Å²) in [5, 5.41) is 18.1. The molecule has 0 aliphatic carbocycles. The first-order valence-corrected chi connectivity index (χ1v) is 8.49. The standard InChI is InChI=1S/C18H26ClN3O/c1-13(9-14(2)23)10-20-11-17-15(3)21-22(18(17)19)12-16-7-5-4-6-8-16/h4-8,13-14,20,23H,9-12H2,1-3H3. The van der Waals surface area contributed by atoms with Crippen LogP contribution in [0.3, 0.4) is 0 Å². The van der Waals surface area contributed by atoms with E-state index in [-0.39, 0.29) is 6.10 Å². The van der Waals surface area contributed by atoms with Gasteiger partial charge in [0, 0.05) is 12.1 Å². The zero-order valence-electron chi connectivity index (χ0n) is 14.1.